The predicted molar refractivity (Wildman–Crippen MR) is 80.7 cm³/mol. The summed E-state index contributed by atoms with van der Waals surface area (Å²) in [6, 6.07) is 6.09. The molecule has 2 N–H and O–H groups in total. The fourth-order valence-electron chi connectivity index (χ4n) is 2.98. The van der Waals surface area contributed by atoms with Gasteiger partial charge in [-0.1, -0.05) is 0 Å². The van der Waals surface area contributed by atoms with Crippen LogP contribution in [-0.2, 0) is 4.74 Å². The molecule has 21 heavy (non-hydrogen) atoms. The van der Waals surface area contributed by atoms with E-state index >= 15 is 0 Å². The molecule has 3 rings (SSSR count). The van der Waals surface area contributed by atoms with E-state index < -0.39 is 0 Å². The van der Waals surface area contributed by atoms with Crippen LogP contribution in [0, 0.1) is 12.8 Å². The number of nitrogen functional groups attached to an aromatic ring is 1. The zero-order valence-corrected chi connectivity index (χ0v) is 12.5. The van der Waals surface area contributed by atoms with E-state index in [1.807, 2.05) is 29.8 Å². The van der Waals surface area contributed by atoms with Crippen LogP contribution in [-0.4, -0.2) is 33.4 Å². The molecular weight excluding hydrogens is 266 g/mol. The Morgan fingerprint density at radius 2 is 2.10 bits per heavy atom. The molecule has 1 fully saturated rings. The first-order chi connectivity index (χ1) is 10.2. The highest BCUT2D eigenvalue weighted by Gasteiger charge is 2.25. The van der Waals surface area contributed by atoms with Gasteiger partial charge in [0.05, 0.1) is 6.04 Å². The normalized spacial score (nSPS) is 17.8. The summed E-state index contributed by atoms with van der Waals surface area (Å²) in [6.45, 7) is 5.87. The van der Waals surface area contributed by atoms with Crippen molar-refractivity contribution in [3.63, 3.8) is 0 Å². The minimum atomic E-state index is 0.260. The van der Waals surface area contributed by atoms with Crippen molar-refractivity contribution >= 4 is 5.69 Å². The van der Waals surface area contributed by atoms with Gasteiger partial charge in [-0.3, -0.25) is 0 Å². The monoisotopic (exact) mass is 287 g/mol. The molecule has 0 radical (unpaired) electrons. The van der Waals surface area contributed by atoms with E-state index in [1.165, 1.54) is 0 Å². The maximum atomic E-state index is 5.82. The van der Waals surface area contributed by atoms with Gasteiger partial charge in [0.2, 0.25) is 0 Å². The van der Waals surface area contributed by atoms with Crippen LogP contribution < -0.4 is 5.73 Å². The van der Waals surface area contributed by atoms with Crippen molar-refractivity contribution in [1.29, 1.82) is 0 Å². The lowest BCUT2D eigenvalue weighted by Crippen LogP contribution is -2.25. The van der Waals surface area contributed by atoms with Gasteiger partial charge in [0.15, 0.2) is 5.82 Å². The van der Waals surface area contributed by atoms with Crippen molar-refractivity contribution in [2.45, 2.75) is 32.7 Å². The van der Waals surface area contributed by atoms with Gasteiger partial charge >= 0.3 is 0 Å². The smallest absolute Gasteiger partial charge is 0.182 e. The van der Waals surface area contributed by atoms with Crippen molar-refractivity contribution in [1.82, 2.24) is 20.2 Å². The van der Waals surface area contributed by atoms with Gasteiger partial charge < -0.3 is 10.5 Å². The number of hydrogen-bond donors (Lipinski definition) is 1. The summed E-state index contributed by atoms with van der Waals surface area (Å²) < 4.78 is 7.38. The number of rotatable bonds is 3. The van der Waals surface area contributed by atoms with Crippen LogP contribution in [0.5, 0.6) is 0 Å². The number of aryl methyl sites for hydroxylation is 1. The molecule has 1 saturated heterocycles. The molecule has 0 bridgehead atoms. The molecule has 6 heteroatoms. The van der Waals surface area contributed by atoms with E-state index in [-0.39, 0.29) is 6.04 Å². The molecule has 0 amide bonds. The third-order valence-electron chi connectivity index (χ3n) is 4.32. The number of ether oxygens (including phenoxy) is 1. The summed E-state index contributed by atoms with van der Waals surface area (Å²) in [4.78, 5) is 0. The predicted octanol–water partition coefficient (Wildman–Crippen LogP) is 2.22. The topological polar surface area (TPSA) is 78.9 Å². The Bertz CT molecular complexity index is 618. The molecule has 0 saturated carbocycles. The molecule has 1 aromatic heterocycles. The number of benzene rings is 1. The molecule has 6 nitrogen and oxygen atoms in total. The Labute approximate surface area is 124 Å². The van der Waals surface area contributed by atoms with Crippen molar-refractivity contribution in [3.8, 4) is 11.4 Å². The highest BCUT2D eigenvalue weighted by Crippen LogP contribution is 2.31. The summed E-state index contributed by atoms with van der Waals surface area (Å²) in [5.41, 5.74) is 8.70. The molecule has 1 aliphatic heterocycles. The van der Waals surface area contributed by atoms with E-state index in [0.29, 0.717) is 5.92 Å². The number of nitrogens with zero attached hydrogens (tertiary/aromatic N) is 4. The van der Waals surface area contributed by atoms with Gasteiger partial charge in [-0.15, -0.1) is 5.10 Å². The van der Waals surface area contributed by atoms with Crippen LogP contribution in [0.3, 0.4) is 0 Å². The van der Waals surface area contributed by atoms with Crippen LogP contribution >= 0.6 is 0 Å². The third-order valence-corrected chi connectivity index (χ3v) is 4.32. The van der Waals surface area contributed by atoms with Crippen LogP contribution in [0.1, 0.15) is 31.4 Å². The molecular formula is C15H21N5O. The Balaban J connectivity index is 1.93. The minimum absolute atomic E-state index is 0.260. The average Bonchev–Trinajstić information content (AvgIpc) is 2.96. The van der Waals surface area contributed by atoms with E-state index in [4.69, 9.17) is 10.5 Å². The highest BCUT2D eigenvalue weighted by atomic mass is 16.5. The lowest BCUT2D eigenvalue weighted by molar-refractivity contribution is 0.0495. The molecule has 1 aliphatic rings. The fraction of sp³-hybridized carbons (Fsp3) is 0.533. The summed E-state index contributed by atoms with van der Waals surface area (Å²) in [5, 5.41) is 12.3. The van der Waals surface area contributed by atoms with Crippen molar-refractivity contribution in [2.24, 2.45) is 5.92 Å². The van der Waals surface area contributed by atoms with Crippen LogP contribution in [0.4, 0.5) is 5.69 Å². The lowest BCUT2D eigenvalue weighted by Gasteiger charge is -2.28. The maximum Gasteiger partial charge on any atom is 0.182 e. The number of hydrogen-bond acceptors (Lipinski definition) is 5. The van der Waals surface area contributed by atoms with Gasteiger partial charge in [-0.05, 0) is 66.8 Å². The Hall–Kier alpha value is -1.95. The van der Waals surface area contributed by atoms with Crippen LogP contribution in [0.15, 0.2) is 18.2 Å². The summed E-state index contributed by atoms with van der Waals surface area (Å²) in [5.74, 6) is 1.36. The second-order valence-corrected chi connectivity index (χ2v) is 5.71. The zero-order chi connectivity index (χ0) is 14.8. The fourth-order valence-corrected chi connectivity index (χ4v) is 2.98. The first kappa shape index (κ1) is 14.0. The summed E-state index contributed by atoms with van der Waals surface area (Å²) in [7, 11) is 0. The standard InChI is InChI=1S/C15H21N5O/c1-10-9-13(16)3-4-14(10)15-17-18-19-20(15)11(2)12-5-7-21-8-6-12/h3-4,9,11-12H,5-8,16H2,1-2H3. The lowest BCUT2D eigenvalue weighted by atomic mass is 9.93. The minimum Gasteiger partial charge on any atom is -0.399 e. The first-order valence-corrected chi connectivity index (χ1v) is 7.39. The molecule has 0 aliphatic carbocycles. The quantitative estimate of drug-likeness (QED) is 0.876. The van der Waals surface area contributed by atoms with Crippen molar-refractivity contribution in [2.75, 3.05) is 18.9 Å². The number of nitrogens with two attached hydrogens (primary N) is 1. The van der Waals surface area contributed by atoms with E-state index in [1.54, 1.807) is 0 Å². The van der Waals surface area contributed by atoms with Gasteiger partial charge in [-0.25, -0.2) is 4.68 Å². The van der Waals surface area contributed by atoms with E-state index in [0.717, 1.165) is 48.7 Å². The van der Waals surface area contributed by atoms with Gasteiger partial charge in [-0.2, -0.15) is 0 Å². The maximum absolute atomic E-state index is 5.82. The third kappa shape index (κ3) is 2.76. The largest absolute Gasteiger partial charge is 0.399 e. The molecule has 1 atom stereocenters. The highest BCUT2D eigenvalue weighted by molar-refractivity contribution is 5.63. The van der Waals surface area contributed by atoms with Crippen molar-refractivity contribution in [3.05, 3.63) is 23.8 Å². The van der Waals surface area contributed by atoms with E-state index in [9.17, 15) is 0 Å². The molecule has 0 spiro atoms. The van der Waals surface area contributed by atoms with Gasteiger partial charge in [0, 0.05) is 24.5 Å². The molecule has 2 aromatic rings. The molecule has 1 unspecified atom stereocenters. The Kier molecular flexibility index (Phi) is 3.88. The van der Waals surface area contributed by atoms with E-state index in [2.05, 4.69) is 22.4 Å². The van der Waals surface area contributed by atoms with Crippen LogP contribution in [0.2, 0.25) is 0 Å². The first-order valence-electron chi connectivity index (χ1n) is 7.39. The number of tetrazole rings is 1. The molecule has 1 aromatic carbocycles. The Morgan fingerprint density at radius 1 is 1.33 bits per heavy atom. The number of aromatic nitrogens is 4. The summed E-state index contributed by atoms with van der Waals surface area (Å²) >= 11 is 0. The van der Waals surface area contributed by atoms with Gasteiger partial charge in [0.25, 0.3) is 0 Å². The number of anilines is 1. The summed E-state index contributed by atoms with van der Waals surface area (Å²) in [6.07, 6.45) is 2.11. The van der Waals surface area contributed by atoms with Crippen LogP contribution in [0.25, 0.3) is 11.4 Å². The Morgan fingerprint density at radius 3 is 2.81 bits per heavy atom. The second kappa shape index (κ2) is 5.81. The average molecular weight is 287 g/mol. The molecule has 2 heterocycles. The SMILES string of the molecule is Cc1cc(N)ccc1-c1nnnn1C(C)C1CCOCC1. The second-order valence-electron chi connectivity index (χ2n) is 5.71. The van der Waals surface area contributed by atoms with Gasteiger partial charge in [0.1, 0.15) is 0 Å². The zero-order valence-electron chi connectivity index (χ0n) is 12.5. The molecule has 112 valence electrons. The van der Waals surface area contributed by atoms with Crippen molar-refractivity contribution < 1.29 is 4.74 Å².